The average Bonchev–Trinajstić information content (AvgIpc) is 2.76. The minimum atomic E-state index is -0.597. The highest BCUT2D eigenvalue weighted by atomic mass is 35.5. The molecule has 0 bridgehead atoms. The van der Waals surface area contributed by atoms with Gasteiger partial charge in [-0.15, -0.1) is 18.8 Å². The Balaban J connectivity index is 0.00000341. The largest absolute Gasteiger partial charge is 0.436 e. The van der Waals surface area contributed by atoms with Crippen molar-refractivity contribution in [2.75, 3.05) is 18.5 Å². The van der Waals surface area contributed by atoms with E-state index < -0.39 is 6.09 Å². The number of hydrogen-bond acceptors (Lipinski definition) is 5. The molecule has 1 aromatic carbocycles. The Morgan fingerprint density at radius 3 is 2.71 bits per heavy atom. The van der Waals surface area contributed by atoms with E-state index in [1.54, 1.807) is 24.7 Å². The number of rotatable bonds is 6. The van der Waals surface area contributed by atoms with Gasteiger partial charge in [0.15, 0.2) is 6.61 Å². The van der Waals surface area contributed by atoms with Crippen LogP contribution in [0.4, 0.5) is 15.4 Å². The van der Waals surface area contributed by atoms with Crippen molar-refractivity contribution in [3.8, 4) is 23.5 Å². The molecule has 160 valence electrons. The summed E-state index contributed by atoms with van der Waals surface area (Å²) >= 11 is 0. The molecule has 3 N–H and O–H groups in total. The van der Waals surface area contributed by atoms with Gasteiger partial charge in [0.25, 0.3) is 0 Å². The Morgan fingerprint density at radius 1 is 1.16 bits per heavy atom. The molecule has 0 saturated heterocycles. The third kappa shape index (κ3) is 6.07. The molecule has 0 atom stereocenters. The molecule has 8 nitrogen and oxygen atoms in total. The van der Waals surface area contributed by atoms with Gasteiger partial charge in [-0.1, -0.05) is 24.1 Å². The number of nitrogens with one attached hydrogen (secondary N) is 3. The van der Waals surface area contributed by atoms with Gasteiger partial charge >= 0.3 is 12.1 Å². The van der Waals surface area contributed by atoms with Crippen molar-refractivity contribution in [2.45, 2.75) is 13.5 Å². The first-order valence-electron chi connectivity index (χ1n) is 9.33. The molecule has 0 aliphatic heterocycles. The molecule has 9 heteroatoms. The van der Waals surface area contributed by atoms with Crippen LogP contribution in [-0.2, 0) is 11.3 Å². The van der Waals surface area contributed by atoms with Crippen molar-refractivity contribution in [3.63, 3.8) is 0 Å². The summed E-state index contributed by atoms with van der Waals surface area (Å²) in [5.41, 5.74) is 2.69. The Labute approximate surface area is 186 Å². The van der Waals surface area contributed by atoms with Crippen LogP contribution >= 0.6 is 12.4 Å². The molecular formula is C22H22ClN5O3. The molecule has 0 unspecified atom stereocenters. The van der Waals surface area contributed by atoms with Gasteiger partial charge in [0, 0.05) is 42.6 Å². The summed E-state index contributed by atoms with van der Waals surface area (Å²) in [6.45, 7) is 2.48. The van der Waals surface area contributed by atoms with Gasteiger partial charge in [-0.25, -0.2) is 14.6 Å². The number of anilines is 1. The van der Waals surface area contributed by atoms with Crippen molar-refractivity contribution < 1.29 is 14.3 Å². The van der Waals surface area contributed by atoms with Crippen LogP contribution in [-0.4, -0.2) is 35.2 Å². The van der Waals surface area contributed by atoms with E-state index in [9.17, 15) is 9.59 Å². The second kappa shape index (κ2) is 11.4. The number of urea groups is 1. The van der Waals surface area contributed by atoms with Gasteiger partial charge in [-0.3, -0.25) is 10.3 Å². The third-order valence-corrected chi connectivity index (χ3v) is 4.25. The number of pyridine rings is 2. The summed E-state index contributed by atoms with van der Waals surface area (Å²) in [5.74, 6) is 2.66. The van der Waals surface area contributed by atoms with E-state index in [4.69, 9.17) is 11.2 Å². The molecule has 0 saturated carbocycles. The van der Waals surface area contributed by atoms with Gasteiger partial charge in [-0.05, 0) is 35.6 Å². The predicted octanol–water partition coefficient (Wildman–Crippen LogP) is 3.72. The summed E-state index contributed by atoms with van der Waals surface area (Å²) in [7, 11) is 0. The Bertz CT molecular complexity index is 1100. The normalized spacial score (nSPS) is 9.81. The van der Waals surface area contributed by atoms with E-state index in [1.165, 1.54) is 0 Å². The number of carbonyl (C=O) groups excluding carboxylic acids is 2. The number of halogens is 1. The lowest BCUT2D eigenvalue weighted by Gasteiger charge is -2.14. The molecule has 0 aliphatic carbocycles. The van der Waals surface area contributed by atoms with E-state index in [0.29, 0.717) is 12.4 Å². The van der Waals surface area contributed by atoms with Crippen LogP contribution in [0.5, 0.6) is 0 Å². The molecule has 2 aromatic heterocycles. The Kier molecular flexibility index (Phi) is 8.61. The number of ether oxygens (including phenoxy) is 1. The maximum atomic E-state index is 11.9. The second-order valence-corrected chi connectivity index (χ2v) is 6.25. The molecule has 3 aromatic rings. The molecular weight excluding hydrogens is 418 g/mol. The third-order valence-electron chi connectivity index (χ3n) is 4.25. The van der Waals surface area contributed by atoms with Crippen molar-refractivity contribution in [1.29, 1.82) is 0 Å². The average molecular weight is 440 g/mol. The van der Waals surface area contributed by atoms with Crippen LogP contribution in [0.25, 0.3) is 21.9 Å². The first-order chi connectivity index (χ1) is 14.6. The van der Waals surface area contributed by atoms with Crippen LogP contribution < -0.4 is 16.0 Å². The van der Waals surface area contributed by atoms with Crippen molar-refractivity contribution >= 4 is 41.1 Å². The number of nitrogens with zero attached hydrogens (tertiary/aromatic N) is 2. The second-order valence-electron chi connectivity index (χ2n) is 6.25. The van der Waals surface area contributed by atoms with E-state index in [1.807, 2.05) is 31.2 Å². The van der Waals surface area contributed by atoms with Crippen LogP contribution in [0.15, 0.2) is 48.9 Å². The SMILES string of the molecule is C#CCOC(=O)NCc1ccc(-c2cccnc2)c2cc(NC(=O)NCC)ncc12.Cl. The standard InChI is InChI=1S/C22H21N5O3.ClH/c1-3-10-30-22(29)26-13-16-7-8-17(15-6-5-9-23-12-15)18-11-20(25-14-19(16)18)27-21(28)24-4-2;/h1,5-9,11-12,14H,4,10,13H2,2H3,(H,26,29)(H2,24,25,27,28);1H. The van der Waals surface area contributed by atoms with E-state index in [2.05, 4.69) is 31.8 Å². The van der Waals surface area contributed by atoms with Crippen molar-refractivity contribution in [2.24, 2.45) is 0 Å². The van der Waals surface area contributed by atoms with Gasteiger partial charge in [0.2, 0.25) is 0 Å². The van der Waals surface area contributed by atoms with Crippen LogP contribution in [0.2, 0.25) is 0 Å². The lowest BCUT2D eigenvalue weighted by atomic mass is 9.97. The van der Waals surface area contributed by atoms with Crippen molar-refractivity contribution in [3.05, 3.63) is 54.5 Å². The number of alkyl carbamates (subject to hydrolysis) is 1. The molecule has 0 fully saturated rings. The summed E-state index contributed by atoms with van der Waals surface area (Å²) in [6, 6.07) is 9.12. The smallest absolute Gasteiger partial charge is 0.408 e. The number of aromatic nitrogens is 2. The number of fused-ring (bicyclic) bond motifs is 1. The van der Waals surface area contributed by atoms with Crippen LogP contribution in [0.1, 0.15) is 12.5 Å². The number of amides is 3. The first-order valence-corrected chi connectivity index (χ1v) is 9.33. The molecule has 0 spiro atoms. The van der Waals surface area contributed by atoms with E-state index in [-0.39, 0.29) is 31.6 Å². The van der Waals surface area contributed by atoms with E-state index >= 15 is 0 Å². The van der Waals surface area contributed by atoms with Gasteiger partial charge < -0.3 is 15.4 Å². The van der Waals surface area contributed by atoms with Gasteiger partial charge in [0.1, 0.15) is 5.82 Å². The summed E-state index contributed by atoms with van der Waals surface area (Å²) in [4.78, 5) is 32.1. The molecule has 2 heterocycles. The molecule has 0 aliphatic rings. The lowest BCUT2D eigenvalue weighted by molar-refractivity contribution is 0.159. The maximum Gasteiger partial charge on any atom is 0.408 e. The number of carbonyl (C=O) groups is 2. The Hall–Kier alpha value is -3.83. The monoisotopic (exact) mass is 439 g/mol. The first kappa shape index (κ1) is 23.4. The zero-order valence-corrected chi connectivity index (χ0v) is 17.7. The fraction of sp³-hybridized carbons (Fsp3) is 0.182. The van der Waals surface area contributed by atoms with Crippen LogP contribution in [0, 0.1) is 12.3 Å². The quantitative estimate of drug-likeness (QED) is 0.507. The van der Waals surface area contributed by atoms with Gasteiger partial charge in [-0.2, -0.15) is 0 Å². The van der Waals surface area contributed by atoms with Gasteiger partial charge in [0.05, 0.1) is 0 Å². The highest BCUT2D eigenvalue weighted by Crippen LogP contribution is 2.31. The number of terminal acetylenes is 1. The minimum absolute atomic E-state index is 0. The van der Waals surface area contributed by atoms with Crippen molar-refractivity contribution in [1.82, 2.24) is 20.6 Å². The van der Waals surface area contributed by atoms with Crippen LogP contribution in [0.3, 0.4) is 0 Å². The zero-order valence-electron chi connectivity index (χ0n) is 16.8. The molecule has 0 radical (unpaired) electrons. The molecule has 31 heavy (non-hydrogen) atoms. The minimum Gasteiger partial charge on any atom is -0.436 e. The fourth-order valence-electron chi connectivity index (χ4n) is 2.94. The maximum absolute atomic E-state index is 11.9. The lowest BCUT2D eigenvalue weighted by Crippen LogP contribution is -2.28. The number of hydrogen-bond donors (Lipinski definition) is 3. The zero-order chi connectivity index (χ0) is 21.3. The topological polar surface area (TPSA) is 105 Å². The van der Waals surface area contributed by atoms with E-state index in [0.717, 1.165) is 27.5 Å². The Morgan fingerprint density at radius 2 is 2.00 bits per heavy atom. The molecule has 3 amide bonds. The highest BCUT2D eigenvalue weighted by molar-refractivity contribution is 6.00. The predicted molar refractivity (Wildman–Crippen MR) is 122 cm³/mol. The summed E-state index contributed by atoms with van der Waals surface area (Å²) < 4.78 is 4.84. The summed E-state index contributed by atoms with van der Waals surface area (Å²) in [6.07, 6.45) is 9.63. The molecule has 3 rings (SSSR count). The summed E-state index contributed by atoms with van der Waals surface area (Å²) in [5, 5.41) is 9.76. The highest BCUT2D eigenvalue weighted by Gasteiger charge is 2.12. The number of benzene rings is 1. The fourth-order valence-corrected chi connectivity index (χ4v) is 2.94.